The van der Waals surface area contributed by atoms with Crippen LogP contribution in [0.1, 0.15) is 32.8 Å². The fourth-order valence-corrected chi connectivity index (χ4v) is 2.10. The summed E-state index contributed by atoms with van der Waals surface area (Å²) in [5.74, 6) is 0.346. The third-order valence-corrected chi connectivity index (χ3v) is 3.40. The predicted molar refractivity (Wildman–Crippen MR) is 77.8 cm³/mol. The zero-order valence-corrected chi connectivity index (χ0v) is 12.1. The van der Waals surface area contributed by atoms with Crippen molar-refractivity contribution in [1.29, 1.82) is 0 Å². The normalized spacial score (nSPS) is 14.2. The highest BCUT2D eigenvalue weighted by atomic mass is 16.3. The maximum absolute atomic E-state index is 12.1. The Morgan fingerprint density at radius 1 is 1.21 bits per heavy atom. The van der Waals surface area contributed by atoms with Gasteiger partial charge in [0.1, 0.15) is 0 Å². The van der Waals surface area contributed by atoms with E-state index >= 15 is 0 Å². The smallest absolute Gasteiger partial charge is 0.223 e. The quantitative estimate of drug-likeness (QED) is 0.793. The Kier molecular flexibility index (Phi) is 6.57. The molecule has 1 aromatic carbocycles. The zero-order chi connectivity index (χ0) is 14.3. The number of aliphatic hydroxyl groups is 1. The molecule has 0 saturated carbocycles. The molecule has 0 spiro atoms. The minimum absolute atomic E-state index is 0.0516. The summed E-state index contributed by atoms with van der Waals surface area (Å²) in [6.07, 6.45) is 1.36. The van der Waals surface area contributed by atoms with Crippen molar-refractivity contribution in [3.63, 3.8) is 0 Å². The molecule has 2 unspecified atom stereocenters. The molecule has 0 saturated heterocycles. The summed E-state index contributed by atoms with van der Waals surface area (Å²) in [5, 5.41) is 12.1. The number of hydrogen-bond donors (Lipinski definition) is 2. The lowest BCUT2D eigenvalue weighted by molar-refractivity contribution is -0.125. The van der Waals surface area contributed by atoms with E-state index in [1.165, 1.54) is 5.56 Å². The number of rotatable bonds is 7. The topological polar surface area (TPSA) is 49.3 Å². The molecule has 1 aromatic rings. The van der Waals surface area contributed by atoms with Gasteiger partial charge in [0.15, 0.2) is 0 Å². The van der Waals surface area contributed by atoms with E-state index < -0.39 is 0 Å². The molecule has 19 heavy (non-hydrogen) atoms. The molecule has 3 nitrogen and oxygen atoms in total. The lowest BCUT2D eigenvalue weighted by Crippen LogP contribution is -2.42. The summed E-state index contributed by atoms with van der Waals surface area (Å²) in [5.41, 5.74) is 1.17. The second-order valence-electron chi connectivity index (χ2n) is 5.46. The fraction of sp³-hybridized carbons (Fsp3) is 0.562. The van der Waals surface area contributed by atoms with Gasteiger partial charge in [0.25, 0.3) is 0 Å². The van der Waals surface area contributed by atoms with Gasteiger partial charge in [0, 0.05) is 18.6 Å². The van der Waals surface area contributed by atoms with Crippen molar-refractivity contribution in [2.75, 3.05) is 6.61 Å². The van der Waals surface area contributed by atoms with Crippen LogP contribution in [0, 0.1) is 11.8 Å². The average molecular weight is 263 g/mol. The Hall–Kier alpha value is -1.35. The van der Waals surface area contributed by atoms with E-state index in [1.807, 2.05) is 37.3 Å². The van der Waals surface area contributed by atoms with E-state index in [9.17, 15) is 4.79 Å². The predicted octanol–water partition coefficient (Wildman–Crippen LogP) is 2.39. The maximum Gasteiger partial charge on any atom is 0.223 e. The molecular weight excluding hydrogens is 238 g/mol. The third kappa shape index (κ3) is 5.43. The number of hydrogen-bond acceptors (Lipinski definition) is 2. The first-order valence-electron chi connectivity index (χ1n) is 6.99. The van der Waals surface area contributed by atoms with Gasteiger partial charge in [-0.2, -0.15) is 0 Å². The van der Waals surface area contributed by atoms with E-state index in [0.717, 1.165) is 6.42 Å². The summed E-state index contributed by atoms with van der Waals surface area (Å²) in [6.45, 7) is 6.17. The fourth-order valence-electron chi connectivity index (χ4n) is 2.10. The maximum atomic E-state index is 12.1. The summed E-state index contributed by atoms with van der Waals surface area (Å²) in [7, 11) is 0. The number of nitrogens with one attached hydrogen (secondary N) is 1. The first-order valence-corrected chi connectivity index (χ1v) is 6.99. The Morgan fingerprint density at radius 2 is 1.84 bits per heavy atom. The highest BCUT2D eigenvalue weighted by molar-refractivity contribution is 5.78. The third-order valence-electron chi connectivity index (χ3n) is 3.40. The van der Waals surface area contributed by atoms with Gasteiger partial charge in [-0.1, -0.05) is 51.1 Å². The van der Waals surface area contributed by atoms with Crippen LogP contribution in [-0.2, 0) is 11.2 Å². The van der Waals surface area contributed by atoms with Gasteiger partial charge in [0.05, 0.1) is 0 Å². The number of benzene rings is 1. The van der Waals surface area contributed by atoms with Crippen molar-refractivity contribution >= 4 is 5.91 Å². The molecular formula is C16H25NO2. The Bertz CT molecular complexity index is 376. The van der Waals surface area contributed by atoms with Crippen LogP contribution in [-0.4, -0.2) is 23.7 Å². The second-order valence-corrected chi connectivity index (χ2v) is 5.46. The van der Waals surface area contributed by atoms with Crippen LogP contribution in [0.4, 0.5) is 0 Å². The van der Waals surface area contributed by atoms with E-state index in [-0.39, 0.29) is 24.5 Å². The molecule has 0 aromatic heterocycles. The molecule has 3 heteroatoms. The molecule has 1 amide bonds. The molecule has 0 fully saturated rings. The molecule has 0 heterocycles. The number of aliphatic hydroxyl groups excluding tert-OH is 1. The van der Waals surface area contributed by atoms with E-state index in [2.05, 4.69) is 19.2 Å². The van der Waals surface area contributed by atoms with Gasteiger partial charge in [-0.3, -0.25) is 4.79 Å². The SMILES string of the molecule is CC(Cc1ccccc1)C(=O)NC(CCO)C(C)C. The summed E-state index contributed by atoms with van der Waals surface area (Å²) in [6, 6.07) is 10.1. The number of carbonyl (C=O) groups excluding carboxylic acids is 1. The lowest BCUT2D eigenvalue weighted by atomic mass is 9.97. The molecule has 2 N–H and O–H groups in total. The van der Waals surface area contributed by atoms with Crippen molar-refractivity contribution in [2.45, 2.75) is 39.7 Å². The molecule has 106 valence electrons. The minimum atomic E-state index is -0.0534. The Morgan fingerprint density at radius 3 is 2.37 bits per heavy atom. The van der Waals surface area contributed by atoms with Crippen molar-refractivity contribution in [3.8, 4) is 0 Å². The van der Waals surface area contributed by atoms with Crippen LogP contribution in [0.3, 0.4) is 0 Å². The van der Waals surface area contributed by atoms with Crippen molar-refractivity contribution in [3.05, 3.63) is 35.9 Å². The molecule has 0 bridgehead atoms. The lowest BCUT2D eigenvalue weighted by Gasteiger charge is -2.23. The van der Waals surface area contributed by atoms with Gasteiger partial charge >= 0.3 is 0 Å². The first-order chi connectivity index (χ1) is 9.04. The van der Waals surface area contributed by atoms with Gasteiger partial charge in [0.2, 0.25) is 5.91 Å². The largest absolute Gasteiger partial charge is 0.396 e. The molecule has 2 atom stereocenters. The standard InChI is InChI=1S/C16H25NO2/c1-12(2)15(9-10-18)17-16(19)13(3)11-14-7-5-4-6-8-14/h4-8,12-13,15,18H,9-11H2,1-3H3,(H,17,19). The Labute approximate surface area is 116 Å². The highest BCUT2D eigenvalue weighted by Crippen LogP contribution is 2.11. The van der Waals surface area contributed by atoms with Gasteiger partial charge in [-0.05, 0) is 24.3 Å². The minimum Gasteiger partial charge on any atom is -0.396 e. The van der Waals surface area contributed by atoms with Crippen LogP contribution in [0.5, 0.6) is 0 Å². The van der Waals surface area contributed by atoms with E-state index in [0.29, 0.717) is 12.3 Å². The van der Waals surface area contributed by atoms with Crippen molar-refractivity contribution < 1.29 is 9.90 Å². The van der Waals surface area contributed by atoms with E-state index in [1.54, 1.807) is 0 Å². The summed E-state index contributed by atoms with van der Waals surface area (Å²) in [4.78, 5) is 12.1. The number of carbonyl (C=O) groups is 1. The molecule has 1 rings (SSSR count). The van der Waals surface area contributed by atoms with Crippen LogP contribution in [0.15, 0.2) is 30.3 Å². The highest BCUT2D eigenvalue weighted by Gasteiger charge is 2.19. The van der Waals surface area contributed by atoms with Gasteiger partial charge in [-0.15, -0.1) is 0 Å². The van der Waals surface area contributed by atoms with E-state index in [4.69, 9.17) is 5.11 Å². The molecule has 0 aliphatic heterocycles. The molecule has 0 aliphatic carbocycles. The zero-order valence-electron chi connectivity index (χ0n) is 12.1. The first kappa shape index (κ1) is 15.7. The Balaban J connectivity index is 2.52. The van der Waals surface area contributed by atoms with Gasteiger partial charge < -0.3 is 10.4 Å². The number of amides is 1. The second kappa shape index (κ2) is 7.95. The van der Waals surface area contributed by atoms with Crippen molar-refractivity contribution in [1.82, 2.24) is 5.32 Å². The van der Waals surface area contributed by atoms with Crippen LogP contribution in [0.25, 0.3) is 0 Å². The average Bonchev–Trinajstić information content (AvgIpc) is 2.39. The van der Waals surface area contributed by atoms with Crippen LogP contribution >= 0.6 is 0 Å². The molecule has 0 aliphatic rings. The summed E-state index contributed by atoms with van der Waals surface area (Å²) >= 11 is 0. The van der Waals surface area contributed by atoms with Crippen LogP contribution in [0.2, 0.25) is 0 Å². The molecule has 0 radical (unpaired) electrons. The van der Waals surface area contributed by atoms with Gasteiger partial charge in [-0.25, -0.2) is 0 Å². The summed E-state index contributed by atoms with van der Waals surface area (Å²) < 4.78 is 0. The monoisotopic (exact) mass is 263 g/mol. The van der Waals surface area contributed by atoms with Crippen molar-refractivity contribution in [2.24, 2.45) is 11.8 Å². The van der Waals surface area contributed by atoms with Crippen LogP contribution < -0.4 is 5.32 Å².